The minimum absolute atomic E-state index is 0.239. The van der Waals surface area contributed by atoms with Crippen molar-refractivity contribution in [1.82, 2.24) is 4.57 Å². The molecule has 2 aromatic rings. The van der Waals surface area contributed by atoms with Gasteiger partial charge in [-0.1, -0.05) is 0 Å². The molecule has 0 unspecified atom stereocenters. The van der Waals surface area contributed by atoms with E-state index in [-0.39, 0.29) is 5.82 Å². The summed E-state index contributed by atoms with van der Waals surface area (Å²) in [5.74, 6) is -1.01. The molecule has 0 spiro atoms. The maximum atomic E-state index is 13.1. The van der Waals surface area contributed by atoms with Crippen LogP contribution in [-0.4, -0.2) is 15.6 Å². The van der Waals surface area contributed by atoms with Gasteiger partial charge in [0.15, 0.2) is 0 Å². The zero-order chi connectivity index (χ0) is 14.0. The summed E-state index contributed by atoms with van der Waals surface area (Å²) in [6, 6.07) is 6.58. The highest BCUT2D eigenvalue weighted by Crippen LogP contribution is 2.24. The molecule has 1 heterocycles. The van der Waals surface area contributed by atoms with Crippen LogP contribution in [0.15, 0.2) is 30.5 Å². The molecule has 3 nitrogen and oxygen atoms in total. The van der Waals surface area contributed by atoms with E-state index in [0.29, 0.717) is 6.42 Å². The van der Waals surface area contributed by atoms with Gasteiger partial charge in [-0.05, 0) is 51.0 Å². The number of aromatic nitrogens is 1. The minimum Gasteiger partial charge on any atom is -0.481 e. The second kappa shape index (κ2) is 5.03. The van der Waals surface area contributed by atoms with Crippen molar-refractivity contribution < 1.29 is 14.3 Å². The standard InChI is InChI=1S/C15H18FNO2/c1-15(2,14(18)19)7-3-8-17-9-6-11-10-12(16)4-5-13(11)17/h4-6,9-10H,3,7-8H2,1-2H3,(H,18,19). The Balaban J connectivity index is 2.05. The van der Waals surface area contributed by atoms with Gasteiger partial charge in [-0.15, -0.1) is 0 Å². The largest absolute Gasteiger partial charge is 0.481 e. The van der Waals surface area contributed by atoms with E-state index in [1.807, 2.05) is 16.8 Å². The van der Waals surface area contributed by atoms with E-state index in [2.05, 4.69) is 0 Å². The number of aliphatic carboxylic acids is 1. The first-order valence-corrected chi connectivity index (χ1v) is 6.38. The molecule has 4 heteroatoms. The van der Waals surface area contributed by atoms with Crippen LogP contribution in [0.2, 0.25) is 0 Å². The van der Waals surface area contributed by atoms with Gasteiger partial charge >= 0.3 is 5.97 Å². The average Bonchev–Trinajstić information content (AvgIpc) is 2.71. The molecule has 0 atom stereocenters. The van der Waals surface area contributed by atoms with E-state index in [9.17, 15) is 9.18 Å². The smallest absolute Gasteiger partial charge is 0.309 e. The maximum Gasteiger partial charge on any atom is 0.309 e. The van der Waals surface area contributed by atoms with E-state index < -0.39 is 11.4 Å². The molecule has 0 saturated heterocycles. The van der Waals surface area contributed by atoms with Crippen molar-refractivity contribution in [3.05, 3.63) is 36.3 Å². The van der Waals surface area contributed by atoms with Crippen molar-refractivity contribution in [2.45, 2.75) is 33.2 Å². The third kappa shape index (κ3) is 2.95. The maximum absolute atomic E-state index is 13.1. The number of hydrogen-bond donors (Lipinski definition) is 1. The highest BCUT2D eigenvalue weighted by Gasteiger charge is 2.26. The number of carbonyl (C=O) groups is 1. The lowest BCUT2D eigenvalue weighted by atomic mass is 9.88. The average molecular weight is 263 g/mol. The summed E-state index contributed by atoms with van der Waals surface area (Å²) in [5, 5.41) is 9.92. The van der Waals surface area contributed by atoms with Crippen molar-refractivity contribution in [3.63, 3.8) is 0 Å². The Morgan fingerprint density at radius 2 is 2.11 bits per heavy atom. The molecular formula is C15H18FNO2. The molecule has 0 radical (unpaired) electrons. The number of benzene rings is 1. The molecule has 0 aliphatic carbocycles. The van der Waals surface area contributed by atoms with Crippen LogP contribution in [-0.2, 0) is 11.3 Å². The van der Waals surface area contributed by atoms with Gasteiger partial charge < -0.3 is 9.67 Å². The molecule has 1 aromatic carbocycles. The first-order chi connectivity index (χ1) is 8.90. The van der Waals surface area contributed by atoms with Gasteiger partial charge in [-0.3, -0.25) is 4.79 Å². The summed E-state index contributed by atoms with van der Waals surface area (Å²) in [5.41, 5.74) is 0.282. The van der Waals surface area contributed by atoms with E-state index in [1.165, 1.54) is 12.1 Å². The number of halogens is 1. The summed E-state index contributed by atoms with van der Waals surface area (Å²) in [7, 11) is 0. The molecule has 0 fully saturated rings. The molecule has 1 N–H and O–H groups in total. The zero-order valence-corrected chi connectivity index (χ0v) is 11.2. The van der Waals surface area contributed by atoms with Crippen LogP contribution in [0.1, 0.15) is 26.7 Å². The molecule has 1 aromatic heterocycles. The lowest BCUT2D eigenvalue weighted by molar-refractivity contribution is -0.147. The Bertz CT molecular complexity index is 601. The Morgan fingerprint density at radius 1 is 1.37 bits per heavy atom. The van der Waals surface area contributed by atoms with Crippen molar-refractivity contribution >= 4 is 16.9 Å². The van der Waals surface area contributed by atoms with E-state index in [1.54, 1.807) is 19.9 Å². The first kappa shape index (κ1) is 13.6. The molecule has 102 valence electrons. The Hall–Kier alpha value is -1.84. The Labute approximate surface area is 111 Å². The van der Waals surface area contributed by atoms with Gasteiger partial charge in [-0.2, -0.15) is 0 Å². The number of carboxylic acids is 1. The highest BCUT2D eigenvalue weighted by molar-refractivity contribution is 5.80. The van der Waals surface area contributed by atoms with Crippen LogP contribution >= 0.6 is 0 Å². The van der Waals surface area contributed by atoms with Gasteiger partial charge in [-0.25, -0.2) is 4.39 Å². The van der Waals surface area contributed by atoms with Gasteiger partial charge in [0.25, 0.3) is 0 Å². The van der Waals surface area contributed by atoms with Crippen molar-refractivity contribution in [2.24, 2.45) is 5.41 Å². The molecule has 0 amide bonds. The summed E-state index contributed by atoms with van der Waals surface area (Å²) in [6.45, 7) is 4.21. The highest BCUT2D eigenvalue weighted by atomic mass is 19.1. The Kier molecular flexibility index (Phi) is 3.60. The van der Waals surface area contributed by atoms with Crippen LogP contribution in [0.25, 0.3) is 10.9 Å². The topological polar surface area (TPSA) is 42.2 Å². The molecule has 0 saturated carbocycles. The van der Waals surface area contributed by atoms with Crippen LogP contribution < -0.4 is 0 Å². The number of rotatable bonds is 5. The summed E-state index contributed by atoms with van der Waals surface area (Å²) in [6.07, 6.45) is 3.31. The first-order valence-electron chi connectivity index (χ1n) is 6.38. The monoisotopic (exact) mass is 263 g/mol. The summed E-state index contributed by atoms with van der Waals surface area (Å²) in [4.78, 5) is 11.0. The second-order valence-electron chi connectivity index (χ2n) is 5.50. The number of nitrogens with zero attached hydrogens (tertiary/aromatic N) is 1. The fourth-order valence-electron chi connectivity index (χ4n) is 2.16. The van der Waals surface area contributed by atoms with E-state index in [0.717, 1.165) is 23.9 Å². The third-order valence-corrected chi connectivity index (χ3v) is 3.51. The number of carboxylic acid groups (broad SMARTS) is 1. The van der Waals surface area contributed by atoms with Crippen LogP contribution in [0.4, 0.5) is 4.39 Å². The number of aryl methyl sites for hydroxylation is 1. The van der Waals surface area contributed by atoms with E-state index >= 15 is 0 Å². The minimum atomic E-state index is -0.771. The third-order valence-electron chi connectivity index (χ3n) is 3.51. The molecule has 0 bridgehead atoms. The lowest BCUT2D eigenvalue weighted by Gasteiger charge is -2.18. The SMILES string of the molecule is CC(C)(CCCn1ccc2cc(F)ccc21)C(=O)O. The second-order valence-corrected chi connectivity index (χ2v) is 5.50. The lowest BCUT2D eigenvalue weighted by Crippen LogP contribution is -2.23. The van der Waals surface area contributed by atoms with Gasteiger partial charge in [0.1, 0.15) is 5.82 Å². The fraction of sp³-hybridized carbons (Fsp3) is 0.400. The van der Waals surface area contributed by atoms with Crippen LogP contribution in [0.5, 0.6) is 0 Å². The molecular weight excluding hydrogens is 245 g/mol. The molecule has 2 rings (SSSR count). The van der Waals surface area contributed by atoms with Crippen LogP contribution in [0, 0.1) is 11.2 Å². The predicted octanol–water partition coefficient (Wildman–Crippen LogP) is 3.67. The van der Waals surface area contributed by atoms with Crippen molar-refractivity contribution in [3.8, 4) is 0 Å². The fourth-order valence-corrected chi connectivity index (χ4v) is 2.16. The summed E-state index contributed by atoms with van der Waals surface area (Å²) < 4.78 is 15.1. The van der Waals surface area contributed by atoms with Gasteiger partial charge in [0, 0.05) is 23.6 Å². The van der Waals surface area contributed by atoms with Crippen molar-refractivity contribution in [2.75, 3.05) is 0 Å². The van der Waals surface area contributed by atoms with Gasteiger partial charge in [0.2, 0.25) is 0 Å². The quantitative estimate of drug-likeness (QED) is 0.894. The molecule has 19 heavy (non-hydrogen) atoms. The zero-order valence-electron chi connectivity index (χ0n) is 11.2. The molecule has 0 aliphatic heterocycles. The van der Waals surface area contributed by atoms with Gasteiger partial charge in [0.05, 0.1) is 5.41 Å². The van der Waals surface area contributed by atoms with Crippen molar-refractivity contribution in [1.29, 1.82) is 0 Å². The van der Waals surface area contributed by atoms with Crippen LogP contribution in [0.3, 0.4) is 0 Å². The summed E-state index contributed by atoms with van der Waals surface area (Å²) >= 11 is 0. The molecule has 0 aliphatic rings. The number of hydrogen-bond acceptors (Lipinski definition) is 1. The van der Waals surface area contributed by atoms with E-state index in [4.69, 9.17) is 5.11 Å². The normalized spacial score (nSPS) is 11.9. The number of fused-ring (bicyclic) bond motifs is 1. The predicted molar refractivity (Wildman–Crippen MR) is 72.5 cm³/mol. The Morgan fingerprint density at radius 3 is 2.79 bits per heavy atom.